The third-order valence-electron chi connectivity index (χ3n) is 5.67. The molecule has 2 fully saturated rings. The van der Waals surface area contributed by atoms with Crippen molar-refractivity contribution in [2.24, 2.45) is 0 Å². The smallest absolute Gasteiger partial charge is 0.274 e. The van der Waals surface area contributed by atoms with Gasteiger partial charge in [-0.25, -0.2) is 9.97 Å². The Morgan fingerprint density at radius 3 is 2.34 bits per heavy atom. The molecule has 3 heterocycles. The monoisotopic (exact) mass is 391 g/mol. The van der Waals surface area contributed by atoms with E-state index in [1.807, 2.05) is 11.0 Å². The van der Waals surface area contributed by atoms with Crippen molar-refractivity contribution in [1.82, 2.24) is 19.8 Å². The van der Waals surface area contributed by atoms with Gasteiger partial charge in [0.25, 0.3) is 5.91 Å². The molecule has 0 spiro atoms. The van der Waals surface area contributed by atoms with Crippen LogP contribution in [0.5, 0.6) is 0 Å². The van der Waals surface area contributed by atoms with Crippen molar-refractivity contribution in [3.05, 3.63) is 60.1 Å². The third kappa shape index (κ3) is 5.21. The van der Waals surface area contributed by atoms with E-state index < -0.39 is 0 Å². The summed E-state index contributed by atoms with van der Waals surface area (Å²) in [4.78, 5) is 28.1. The molecule has 6 nitrogen and oxygen atoms in total. The molecule has 1 aromatic heterocycles. The number of hydrogen-bond acceptors (Lipinski definition) is 5. The largest absolute Gasteiger partial charge is 0.353 e. The molecule has 0 bridgehead atoms. The Labute approximate surface area is 172 Å². The van der Waals surface area contributed by atoms with Crippen LogP contribution in [0.25, 0.3) is 6.08 Å². The molecule has 2 aliphatic heterocycles. The van der Waals surface area contributed by atoms with Gasteiger partial charge in [-0.3, -0.25) is 9.69 Å². The van der Waals surface area contributed by atoms with E-state index in [2.05, 4.69) is 56.2 Å². The maximum Gasteiger partial charge on any atom is 0.274 e. The van der Waals surface area contributed by atoms with Crippen LogP contribution in [-0.4, -0.2) is 71.5 Å². The molecular weight excluding hydrogens is 362 g/mol. The highest BCUT2D eigenvalue weighted by molar-refractivity contribution is 5.92. The zero-order chi connectivity index (χ0) is 19.9. The summed E-state index contributed by atoms with van der Waals surface area (Å²) >= 11 is 0. The number of rotatable bonds is 5. The number of likely N-dealkylation sites (tertiary alicyclic amines) is 1. The maximum absolute atomic E-state index is 12.5. The van der Waals surface area contributed by atoms with Crippen molar-refractivity contribution < 1.29 is 4.79 Å². The third-order valence-corrected chi connectivity index (χ3v) is 5.67. The van der Waals surface area contributed by atoms with E-state index >= 15 is 0 Å². The Morgan fingerprint density at radius 1 is 0.897 bits per heavy atom. The van der Waals surface area contributed by atoms with Crippen LogP contribution in [0.1, 0.15) is 35.3 Å². The first-order valence-corrected chi connectivity index (χ1v) is 10.6. The minimum absolute atomic E-state index is 0.0128. The Bertz CT molecular complexity index is 807. The number of carbonyl (C=O) groups excluding carboxylic acids is 1. The van der Waals surface area contributed by atoms with Crippen LogP contribution in [0.4, 0.5) is 5.82 Å². The predicted octanol–water partition coefficient (Wildman–Crippen LogP) is 2.94. The van der Waals surface area contributed by atoms with E-state index in [-0.39, 0.29) is 5.91 Å². The first-order chi connectivity index (χ1) is 14.3. The average molecular weight is 392 g/mol. The van der Waals surface area contributed by atoms with E-state index in [0.29, 0.717) is 5.69 Å². The second-order valence-corrected chi connectivity index (χ2v) is 7.71. The number of aromatic nitrogens is 2. The lowest BCUT2D eigenvalue weighted by molar-refractivity contribution is 0.0718. The van der Waals surface area contributed by atoms with Crippen molar-refractivity contribution in [3.63, 3.8) is 0 Å². The number of nitrogens with zero attached hydrogens (tertiary/aromatic N) is 5. The molecule has 0 saturated carbocycles. The summed E-state index contributed by atoms with van der Waals surface area (Å²) in [5.41, 5.74) is 1.70. The molecule has 1 aromatic carbocycles. The predicted molar refractivity (Wildman–Crippen MR) is 116 cm³/mol. The summed E-state index contributed by atoms with van der Waals surface area (Å²) < 4.78 is 0. The number of hydrogen-bond donors (Lipinski definition) is 0. The topological polar surface area (TPSA) is 52.6 Å². The van der Waals surface area contributed by atoms with Gasteiger partial charge in [0.15, 0.2) is 0 Å². The van der Waals surface area contributed by atoms with Gasteiger partial charge < -0.3 is 9.80 Å². The summed E-state index contributed by atoms with van der Waals surface area (Å²) in [5, 5.41) is 0. The van der Waals surface area contributed by atoms with Crippen molar-refractivity contribution in [2.45, 2.75) is 19.3 Å². The molecule has 0 aliphatic carbocycles. The molecule has 29 heavy (non-hydrogen) atoms. The first kappa shape index (κ1) is 19.6. The highest BCUT2D eigenvalue weighted by atomic mass is 16.2. The van der Waals surface area contributed by atoms with E-state index in [1.54, 1.807) is 12.4 Å². The summed E-state index contributed by atoms with van der Waals surface area (Å²) in [6.45, 7) is 6.47. The van der Waals surface area contributed by atoms with E-state index in [1.165, 1.54) is 12.0 Å². The molecule has 0 radical (unpaired) electrons. The van der Waals surface area contributed by atoms with Gasteiger partial charge in [0, 0.05) is 45.8 Å². The summed E-state index contributed by atoms with van der Waals surface area (Å²) in [6, 6.07) is 10.4. The van der Waals surface area contributed by atoms with Crippen LogP contribution in [-0.2, 0) is 0 Å². The molecule has 0 unspecified atom stereocenters. The van der Waals surface area contributed by atoms with E-state index in [9.17, 15) is 4.79 Å². The molecule has 0 atom stereocenters. The average Bonchev–Trinajstić information content (AvgIpc) is 2.80. The Balaban J connectivity index is 1.26. The van der Waals surface area contributed by atoms with Crippen LogP contribution in [0.15, 0.2) is 48.8 Å². The fraction of sp³-hybridized carbons (Fsp3) is 0.435. The lowest BCUT2D eigenvalue weighted by atomic mass is 10.1. The normalized spacial score (nSPS) is 18.3. The van der Waals surface area contributed by atoms with Crippen molar-refractivity contribution in [2.75, 3.05) is 50.7 Å². The lowest BCUT2D eigenvalue weighted by Gasteiger charge is -2.34. The van der Waals surface area contributed by atoms with Gasteiger partial charge in [0.05, 0.1) is 12.4 Å². The van der Waals surface area contributed by atoms with Gasteiger partial charge in [-0.2, -0.15) is 0 Å². The molecule has 4 rings (SSSR count). The van der Waals surface area contributed by atoms with E-state index in [4.69, 9.17) is 0 Å². The molecule has 6 heteroatoms. The molecule has 152 valence electrons. The fourth-order valence-corrected chi connectivity index (χ4v) is 3.92. The van der Waals surface area contributed by atoms with Gasteiger partial charge >= 0.3 is 0 Å². The van der Waals surface area contributed by atoms with Crippen molar-refractivity contribution in [1.29, 1.82) is 0 Å². The Kier molecular flexibility index (Phi) is 6.52. The van der Waals surface area contributed by atoms with Crippen LogP contribution >= 0.6 is 0 Å². The number of benzene rings is 1. The quantitative estimate of drug-likeness (QED) is 0.784. The highest BCUT2D eigenvalue weighted by Gasteiger charge is 2.21. The van der Waals surface area contributed by atoms with Crippen LogP contribution < -0.4 is 4.90 Å². The lowest BCUT2D eigenvalue weighted by Crippen LogP contribution is -2.46. The number of piperazine rings is 1. The number of piperidine rings is 1. The van der Waals surface area contributed by atoms with Gasteiger partial charge in [0.2, 0.25) is 0 Å². The molecular formula is C23H29N5O. The fourth-order valence-electron chi connectivity index (χ4n) is 3.92. The number of carbonyl (C=O) groups is 1. The van der Waals surface area contributed by atoms with Gasteiger partial charge in [-0.15, -0.1) is 0 Å². The molecule has 2 saturated heterocycles. The van der Waals surface area contributed by atoms with Gasteiger partial charge in [0.1, 0.15) is 11.5 Å². The summed E-state index contributed by atoms with van der Waals surface area (Å²) in [7, 11) is 0. The van der Waals surface area contributed by atoms with Crippen LogP contribution in [0.2, 0.25) is 0 Å². The summed E-state index contributed by atoms with van der Waals surface area (Å²) in [6.07, 6.45) is 11.2. The second kappa shape index (κ2) is 9.65. The minimum atomic E-state index is 0.0128. The van der Waals surface area contributed by atoms with E-state index in [0.717, 1.165) is 64.5 Å². The Morgan fingerprint density at radius 2 is 1.66 bits per heavy atom. The Hall–Kier alpha value is -2.73. The van der Waals surface area contributed by atoms with Gasteiger partial charge in [-0.05, 0) is 24.8 Å². The second-order valence-electron chi connectivity index (χ2n) is 7.71. The van der Waals surface area contributed by atoms with Crippen molar-refractivity contribution in [3.8, 4) is 0 Å². The zero-order valence-corrected chi connectivity index (χ0v) is 16.9. The number of anilines is 1. The zero-order valence-electron chi connectivity index (χ0n) is 16.9. The van der Waals surface area contributed by atoms with Crippen molar-refractivity contribution >= 4 is 17.8 Å². The maximum atomic E-state index is 12.5. The standard InChI is InChI=1S/C23H29N5O/c29-23(28-12-5-2-6-13-28)21-18-25-22(19-24-21)27-16-14-26(15-17-27)11-7-10-20-8-3-1-4-9-20/h1,3-4,7-10,18-19H,2,5-6,11-17H2/b10-7+. The molecule has 0 N–H and O–H groups in total. The first-order valence-electron chi connectivity index (χ1n) is 10.6. The molecule has 2 aliphatic rings. The molecule has 1 amide bonds. The number of amides is 1. The van der Waals surface area contributed by atoms with Gasteiger partial charge in [-0.1, -0.05) is 42.5 Å². The van der Waals surface area contributed by atoms with Crippen LogP contribution in [0.3, 0.4) is 0 Å². The molecule has 2 aromatic rings. The highest BCUT2D eigenvalue weighted by Crippen LogP contribution is 2.15. The summed E-state index contributed by atoms with van der Waals surface area (Å²) in [5.74, 6) is 0.874. The SMILES string of the molecule is O=C(c1cnc(N2CCN(C/C=C/c3ccccc3)CC2)cn1)N1CCCCC1. The van der Waals surface area contributed by atoms with Crippen LogP contribution in [0, 0.1) is 0 Å². The minimum Gasteiger partial charge on any atom is -0.353 e.